The SMILES string of the molecule is O=C(Cc1cccc(C(F)(F)F)c1)Cc1nc(-c2ccccc2)c(-c2ccccc2)o1. The molecule has 6 heteroatoms. The lowest BCUT2D eigenvalue weighted by Crippen LogP contribution is -2.09. The molecule has 0 saturated heterocycles. The molecule has 0 spiro atoms. The Kier molecular flexibility index (Phi) is 5.71. The summed E-state index contributed by atoms with van der Waals surface area (Å²) in [7, 11) is 0. The molecular formula is C25H18F3NO2. The summed E-state index contributed by atoms with van der Waals surface area (Å²) < 4.78 is 44.7. The molecule has 0 radical (unpaired) electrons. The van der Waals surface area contributed by atoms with E-state index in [9.17, 15) is 18.0 Å². The molecule has 0 aliphatic carbocycles. The molecule has 31 heavy (non-hydrogen) atoms. The van der Waals surface area contributed by atoms with Gasteiger partial charge in [0.15, 0.2) is 5.76 Å². The van der Waals surface area contributed by atoms with Crippen molar-refractivity contribution in [2.45, 2.75) is 19.0 Å². The molecule has 0 unspecified atom stereocenters. The summed E-state index contributed by atoms with van der Waals surface area (Å²) in [5.74, 6) is 0.503. The van der Waals surface area contributed by atoms with Crippen LogP contribution in [0.5, 0.6) is 0 Å². The Morgan fingerprint density at radius 3 is 2.10 bits per heavy atom. The van der Waals surface area contributed by atoms with E-state index in [2.05, 4.69) is 4.98 Å². The van der Waals surface area contributed by atoms with Crippen LogP contribution in [-0.2, 0) is 23.8 Å². The molecule has 1 aromatic heterocycles. The number of rotatable bonds is 6. The second kappa shape index (κ2) is 8.60. The number of hydrogen-bond acceptors (Lipinski definition) is 3. The molecule has 4 rings (SSSR count). The van der Waals surface area contributed by atoms with Gasteiger partial charge in [0.1, 0.15) is 11.5 Å². The molecule has 3 nitrogen and oxygen atoms in total. The van der Waals surface area contributed by atoms with Crippen LogP contribution in [0.15, 0.2) is 89.3 Å². The Morgan fingerprint density at radius 1 is 0.806 bits per heavy atom. The smallest absolute Gasteiger partial charge is 0.416 e. The summed E-state index contributed by atoms with van der Waals surface area (Å²) >= 11 is 0. The van der Waals surface area contributed by atoms with Crippen LogP contribution in [0.25, 0.3) is 22.6 Å². The zero-order valence-corrected chi connectivity index (χ0v) is 16.4. The number of aromatic nitrogens is 1. The van der Waals surface area contributed by atoms with Crippen LogP contribution in [0.2, 0.25) is 0 Å². The van der Waals surface area contributed by atoms with Gasteiger partial charge in [-0.15, -0.1) is 0 Å². The van der Waals surface area contributed by atoms with Crippen molar-refractivity contribution in [2.75, 3.05) is 0 Å². The molecule has 0 saturated carbocycles. The highest BCUT2D eigenvalue weighted by Crippen LogP contribution is 2.33. The van der Waals surface area contributed by atoms with Crippen molar-refractivity contribution >= 4 is 5.78 Å². The third-order valence-electron chi connectivity index (χ3n) is 4.76. The molecule has 0 aliphatic heterocycles. The van der Waals surface area contributed by atoms with Crippen molar-refractivity contribution < 1.29 is 22.4 Å². The standard InChI is InChI=1S/C25H18F3NO2/c26-25(27,28)20-13-7-8-17(14-20)15-21(30)16-22-29-23(18-9-3-1-4-10-18)24(31-22)19-11-5-2-6-12-19/h1-14H,15-16H2. The van der Waals surface area contributed by atoms with Crippen LogP contribution in [0.1, 0.15) is 17.0 Å². The fraction of sp³-hybridized carbons (Fsp3) is 0.120. The van der Waals surface area contributed by atoms with E-state index in [-0.39, 0.29) is 24.5 Å². The highest BCUT2D eigenvalue weighted by molar-refractivity contribution is 5.83. The second-order valence-corrected chi connectivity index (χ2v) is 7.11. The highest BCUT2D eigenvalue weighted by Gasteiger charge is 2.30. The average molecular weight is 421 g/mol. The van der Waals surface area contributed by atoms with Gasteiger partial charge >= 0.3 is 6.18 Å². The Hall–Kier alpha value is -3.67. The minimum absolute atomic E-state index is 0.108. The lowest BCUT2D eigenvalue weighted by atomic mass is 10.0. The first-order valence-electron chi connectivity index (χ1n) is 9.68. The Bertz CT molecular complexity index is 1130. The quantitative estimate of drug-likeness (QED) is 0.363. The van der Waals surface area contributed by atoms with Crippen LogP contribution in [-0.4, -0.2) is 10.8 Å². The van der Waals surface area contributed by atoms with Crippen molar-refractivity contribution in [1.82, 2.24) is 4.98 Å². The van der Waals surface area contributed by atoms with E-state index in [1.807, 2.05) is 60.7 Å². The molecule has 3 aromatic carbocycles. The van der Waals surface area contributed by atoms with Crippen molar-refractivity contribution in [3.8, 4) is 22.6 Å². The van der Waals surface area contributed by atoms with E-state index < -0.39 is 11.7 Å². The van der Waals surface area contributed by atoms with Crippen molar-refractivity contribution in [3.63, 3.8) is 0 Å². The van der Waals surface area contributed by atoms with Gasteiger partial charge in [-0.3, -0.25) is 4.79 Å². The first-order chi connectivity index (χ1) is 14.9. The van der Waals surface area contributed by atoms with Gasteiger partial charge < -0.3 is 4.42 Å². The zero-order valence-electron chi connectivity index (χ0n) is 16.4. The zero-order chi connectivity index (χ0) is 21.8. The molecule has 0 bridgehead atoms. The number of ketones is 1. The molecule has 0 N–H and O–H groups in total. The molecular weight excluding hydrogens is 403 g/mol. The summed E-state index contributed by atoms with van der Waals surface area (Å²) in [6.07, 6.45) is -4.69. The van der Waals surface area contributed by atoms with Crippen LogP contribution < -0.4 is 0 Å². The van der Waals surface area contributed by atoms with Crippen LogP contribution in [0, 0.1) is 0 Å². The number of hydrogen-bond donors (Lipinski definition) is 0. The number of nitrogens with zero attached hydrogens (tertiary/aromatic N) is 1. The van der Waals surface area contributed by atoms with E-state index in [1.165, 1.54) is 12.1 Å². The van der Waals surface area contributed by atoms with E-state index in [1.54, 1.807) is 0 Å². The minimum Gasteiger partial charge on any atom is -0.440 e. The fourth-order valence-corrected chi connectivity index (χ4v) is 3.33. The summed E-state index contributed by atoms with van der Waals surface area (Å²) in [5.41, 5.74) is 1.82. The molecule has 4 aromatic rings. The lowest BCUT2D eigenvalue weighted by Gasteiger charge is -2.08. The first-order valence-corrected chi connectivity index (χ1v) is 9.68. The number of carbonyl (C=O) groups excluding carboxylic acids is 1. The second-order valence-electron chi connectivity index (χ2n) is 7.11. The highest BCUT2D eigenvalue weighted by atomic mass is 19.4. The largest absolute Gasteiger partial charge is 0.440 e. The lowest BCUT2D eigenvalue weighted by molar-refractivity contribution is -0.137. The van der Waals surface area contributed by atoms with Crippen molar-refractivity contribution in [3.05, 3.63) is 102 Å². The number of alkyl halides is 3. The summed E-state index contributed by atoms with van der Waals surface area (Å²) in [5, 5.41) is 0. The third-order valence-corrected chi connectivity index (χ3v) is 4.76. The van der Waals surface area contributed by atoms with E-state index in [0.717, 1.165) is 23.3 Å². The molecule has 0 amide bonds. The van der Waals surface area contributed by atoms with Crippen LogP contribution in [0.3, 0.4) is 0 Å². The van der Waals surface area contributed by atoms with Gasteiger partial charge in [-0.2, -0.15) is 13.2 Å². The summed E-state index contributed by atoms with van der Waals surface area (Å²) in [6, 6.07) is 23.7. The monoisotopic (exact) mass is 421 g/mol. The molecule has 0 aliphatic rings. The predicted octanol–water partition coefficient (Wildman–Crippen LogP) is 6.38. The summed E-state index contributed by atoms with van der Waals surface area (Å²) in [4.78, 5) is 17.1. The van der Waals surface area contributed by atoms with Gasteiger partial charge in [-0.1, -0.05) is 78.9 Å². The fourth-order valence-electron chi connectivity index (χ4n) is 3.33. The Balaban J connectivity index is 1.59. The maximum Gasteiger partial charge on any atom is 0.416 e. The van der Waals surface area contributed by atoms with Gasteiger partial charge in [0.05, 0.1) is 12.0 Å². The topological polar surface area (TPSA) is 43.1 Å². The maximum atomic E-state index is 12.9. The maximum absolute atomic E-state index is 12.9. The predicted molar refractivity (Wildman–Crippen MR) is 111 cm³/mol. The van der Waals surface area contributed by atoms with E-state index in [4.69, 9.17) is 4.42 Å². The minimum atomic E-state index is -4.45. The van der Waals surface area contributed by atoms with Crippen molar-refractivity contribution in [1.29, 1.82) is 0 Å². The number of carbonyl (C=O) groups is 1. The van der Waals surface area contributed by atoms with Gasteiger partial charge in [0.2, 0.25) is 5.89 Å². The number of Topliss-reactive ketones (excluding diaryl/α,β-unsaturated/α-hetero) is 1. The van der Waals surface area contributed by atoms with E-state index >= 15 is 0 Å². The van der Waals surface area contributed by atoms with Gasteiger partial charge in [-0.25, -0.2) is 4.98 Å². The van der Waals surface area contributed by atoms with Gasteiger partial charge in [0.25, 0.3) is 0 Å². The van der Waals surface area contributed by atoms with Crippen molar-refractivity contribution in [2.24, 2.45) is 0 Å². The normalized spacial score (nSPS) is 11.5. The first kappa shape index (κ1) is 20.6. The van der Waals surface area contributed by atoms with Gasteiger partial charge in [0, 0.05) is 17.5 Å². The molecule has 1 heterocycles. The Labute approximate surface area is 177 Å². The Morgan fingerprint density at radius 2 is 1.45 bits per heavy atom. The number of benzene rings is 3. The third kappa shape index (κ3) is 4.91. The number of oxazole rings is 1. The average Bonchev–Trinajstić information content (AvgIpc) is 3.18. The molecule has 0 fully saturated rings. The summed E-state index contributed by atoms with van der Waals surface area (Å²) in [6.45, 7) is 0. The van der Waals surface area contributed by atoms with E-state index in [0.29, 0.717) is 17.0 Å². The van der Waals surface area contributed by atoms with Crippen LogP contribution in [0.4, 0.5) is 13.2 Å². The van der Waals surface area contributed by atoms with Gasteiger partial charge in [-0.05, 0) is 11.6 Å². The van der Waals surface area contributed by atoms with Crippen LogP contribution >= 0.6 is 0 Å². The molecule has 156 valence electrons. The molecule has 0 atom stereocenters. The number of halogens is 3.